The first-order chi connectivity index (χ1) is 15.0. The number of aryl methyl sites for hydroxylation is 2. The van der Waals surface area contributed by atoms with E-state index in [-0.39, 0.29) is 5.91 Å². The molecule has 6 heteroatoms. The van der Waals surface area contributed by atoms with Gasteiger partial charge in [-0.05, 0) is 67.4 Å². The Morgan fingerprint density at radius 3 is 2.48 bits per heavy atom. The number of amides is 1. The third-order valence-corrected chi connectivity index (χ3v) is 4.98. The third kappa shape index (κ3) is 4.68. The molecule has 1 amide bonds. The molecule has 0 radical (unpaired) electrons. The first-order valence-electron chi connectivity index (χ1n) is 9.90. The van der Waals surface area contributed by atoms with Gasteiger partial charge in [0.15, 0.2) is 0 Å². The number of rotatable bonds is 5. The molecule has 0 bridgehead atoms. The number of aromatic nitrogens is 3. The molecule has 0 saturated carbocycles. The van der Waals surface area contributed by atoms with Gasteiger partial charge in [0, 0.05) is 28.7 Å². The Morgan fingerprint density at radius 1 is 1.03 bits per heavy atom. The van der Waals surface area contributed by atoms with Crippen LogP contribution in [0.5, 0.6) is 0 Å². The molecule has 0 fully saturated rings. The zero-order valence-electron chi connectivity index (χ0n) is 17.3. The van der Waals surface area contributed by atoms with Crippen molar-refractivity contribution in [3.8, 4) is 17.2 Å². The van der Waals surface area contributed by atoms with E-state index in [1.54, 1.807) is 18.3 Å². The fraction of sp³-hybridized carbons (Fsp3) is 0.120. The number of anilines is 1. The van der Waals surface area contributed by atoms with Crippen LogP contribution in [0.3, 0.4) is 0 Å². The van der Waals surface area contributed by atoms with E-state index in [0.29, 0.717) is 17.8 Å². The fourth-order valence-corrected chi connectivity index (χ4v) is 3.38. The molecule has 152 valence electrons. The van der Waals surface area contributed by atoms with Crippen LogP contribution in [-0.2, 0) is 6.54 Å². The van der Waals surface area contributed by atoms with Gasteiger partial charge in [0.05, 0.1) is 12.2 Å². The number of pyridine rings is 1. The van der Waals surface area contributed by atoms with Crippen molar-refractivity contribution in [2.75, 3.05) is 5.32 Å². The highest BCUT2D eigenvalue weighted by molar-refractivity contribution is 6.04. The van der Waals surface area contributed by atoms with Crippen LogP contribution in [0, 0.1) is 25.2 Å². The number of nitrogens with one attached hydrogen (secondary N) is 1. The maximum absolute atomic E-state index is 12.7. The Hall–Kier alpha value is -4.24. The second kappa shape index (κ2) is 8.64. The molecule has 2 heterocycles. The predicted octanol–water partition coefficient (Wildman–Crippen LogP) is 4.73. The van der Waals surface area contributed by atoms with Gasteiger partial charge in [0.25, 0.3) is 5.91 Å². The maximum atomic E-state index is 12.7. The lowest BCUT2D eigenvalue weighted by Gasteiger charge is -2.09. The molecule has 0 aliphatic heterocycles. The summed E-state index contributed by atoms with van der Waals surface area (Å²) >= 11 is 0. The molecule has 0 aliphatic carbocycles. The van der Waals surface area contributed by atoms with Crippen molar-refractivity contribution < 1.29 is 4.79 Å². The lowest BCUT2D eigenvalue weighted by Crippen LogP contribution is -2.12. The Balaban J connectivity index is 1.45. The summed E-state index contributed by atoms with van der Waals surface area (Å²) in [6.07, 6.45) is 1.64. The molecule has 31 heavy (non-hydrogen) atoms. The molecule has 4 aromatic rings. The van der Waals surface area contributed by atoms with Crippen LogP contribution >= 0.6 is 0 Å². The van der Waals surface area contributed by atoms with E-state index in [2.05, 4.69) is 21.5 Å². The van der Waals surface area contributed by atoms with E-state index in [4.69, 9.17) is 5.26 Å². The smallest absolute Gasteiger partial charge is 0.255 e. The molecule has 0 unspecified atom stereocenters. The van der Waals surface area contributed by atoms with Crippen LogP contribution in [0.25, 0.3) is 11.1 Å². The SMILES string of the molecule is Cc1cc(C)n(Cc2ccc(NC(=O)c3cccc(-c4ccc(C#N)nc4)c3)cc2)n1. The van der Waals surface area contributed by atoms with Crippen LogP contribution in [0.15, 0.2) is 72.9 Å². The number of hydrogen-bond donors (Lipinski definition) is 1. The second-order valence-corrected chi connectivity index (χ2v) is 7.36. The number of nitrogens with zero attached hydrogens (tertiary/aromatic N) is 4. The van der Waals surface area contributed by atoms with Crippen molar-refractivity contribution in [3.63, 3.8) is 0 Å². The van der Waals surface area contributed by atoms with E-state index in [1.165, 1.54) is 0 Å². The van der Waals surface area contributed by atoms with Crippen LogP contribution in [-0.4, -0.2) is 20.7 Å². The van der Waals surface area contributed by atoms with E-state index in [1.807, 2.05) is 73.1 Å². The largest absolute Gasteiger partial charge is 0.322 e. The summed E-state index contributed by atoms with van der Waals surface area (Å²) in [5.41, 5.74) is 6.58. The van der Waals surface area contributed by atoms with Gasteiger partial charge in [-0.1, -0.05) is 24.3 Å². The van der Waals surface area contributed by atoms with Gasteiger partial charge in [-0.25, -0.2) is 4.98 Å². The second-order valence-electron chi connectivity index (χ2n) is 7.36. The van der Waals surface area contributed by atoms with Crippen LogP contribution in [0.4, 0.5) is 5.69 Å². The van der Waals surface area contributed by atoms with Gasteiger partial charge < -0.3 is 5.32 Å². The van der Waals surface area contributed by atoms with Crippen LogP contribution < -0.4 is 5.32 Å². The van der Waals surface area contributed by atoms with E-state index < -0.39 is 0 Å². The monoisotopic (exact) mass is 407 g/mol. The molecular formula is C25H21N5O. The summed E-state index contributed by atoms with van der Waals surface area (Å²) in [4.78, 5) is 16.8. The predicted molar refractivity (Wildman–Crippen MR) is 120 cm³/mol. The third-order valence-electron chi connectivity index (χ3n) is 4.98. The molecule has 0 saturated heterocycles. The Kier molecular flexibility index (Phi) is 5.59. The maximum Gasteiger partial charge on any atom is 0.255 e. The summed E-state index contributed by atoms with van der Waals surface area (Å²) < 4.78 is 1.96. The van der Waals surface area contributed by atoms with Crippen molar-refractivity contribution >= 4 is 11.6 Å². The molecule has 0 aliphatic rings. The zero-order chi connectivity index (χ0) is 21.8. The molecule has 2 aromatic carbocycles. The van der Waals surface area contributed by atoms with Crippen molar-refractivity contribution in [1.29, 1.82) is 5.26 Å². The highest BCUT2D eigenvalue weighted by atomic mass is 16.1. The summed E-state index contributed by atoms with van der Waals surface area (Å²) in [5.74, 6) is -0.185. The van der Waals surface area contributed by atoms with Crippen molar-refractivity contribution in [2.45, 2.75) is 20.4 Å². The van der Waals surface area contributed by atoms with Crippen molar-refractivity contribution in [2.24, 2.45) is 0 Å². The standard InChI is InChI=1S/C25H21N5O/c1-17-12-18(2)30(29-17)16-19-6-9-23(10-7-19)28-25(31)21-5-3-4-20(13-21)22-8-11-24(14-26)27-15-22/h3-13,15H,16H2,1-2H3,(H,28,31). The minimum Gasteiger partial charge on any atom is -0.322 e. The molecule has 1 N–H and O–H groups in total. The van der Waals surface area contributed by atoms with Gasteiger partial charge >= 0.3 is 0 Å². The molecule has 0 atom stereocenters. The molecular weight excluding hydrogens is 386 g/mol. The number of benzene rings is 2. The Bertz CT molecular complexity index is 1260. The first kappa shape index (κ1) is 20.0. The Morgan fingerprint density at radius 2 is 1.84 bits per heavy atom. The van der Waals surface area contributed by atoms with E-state index in [9.17, 15) is 4.79 Å². The summed E-state index contributed by atoms with van der Waals surface area (Å²) in [6.45, 7) is 4.71. The quantitative estimate of drug-likeness (QED) is 0.518. The minimum atomic E-state index is -0.185. The number of hydrogen-bond acceptors (Lipinski definition) is 4. The highest BCUT2D eigenvalue weighted by Gasteiger charge is 2.09. The van der Waals surface area contributed by atoms with Gasteiger partial charge in [0.2, 0.25) is 0 Å². The van der Waals surface area contributed by atoms with Crippen molar-refractivity contribution in [3.05, 3.63) is 101 Å². The van der Waals surface area contributed by atoms with Gasteiger partial charge in [0.1, 0.15) is 11.8 Å². The molecule has 0 spiro atoms. The Labute approximate surface area is 180 Å². The lowest BCUT2D eigenvalue weighted by molar-refractivity contribution is 0.102. The minimum absolute atomic E-state index is 0.185. The van der Waals surface area contributed by atoms with E-state index in [0.717, 1.165) is 33.8 Å². The fourth-order valence-electron chi connectivity index (χ4n) is 3.38. The summed E-state index contributed by atoms with van der Waals surface area (Å²) in [7, 11) is 0. The molecule has 6 nitrogen and oxygen atoms in total. The molecule has 4 rings (SSSR count). The number of carbonyl (C=O) groups excluding carboxylic acids is 1. The van der Waals surface area contributed by atoms with E-state index >= 15 is 0 Å². The van der Waals surface area contributed by atoms with Crippen LogP contribution in [0.1, 0.15) is 33.0 Å². The number of carbonyl (C=O) groups is 1. The topological polar surface area (TPSA) is 83.6 Å². The average molecular weight is 407 g/mol. The lowest BCUT2D eigenvalue weighted by atomic mass is 10.0. The van der Waals surface area contributed by atoms with Crippen LogP contribution in [0.2, 0.25) is 0 Å². The van der Waals surface area contributed by atoms with Crippen molar-refractivity contribution in [1.82, 2.24) is 14.8 Å². The number of nitriles is 1. The zero-order valence-corrected chi connectivity index (χ0v) is 17.3. The average Bonchev–Trinajstić information content (AvgIpc) is 3.11. The summed E-state index contributed by atoms with van der Waals surface area (Å²) in [6, 6.07) is 22.6. The van der Waals surface area contributed by atoms with Gasteiger partial charge in [-0.15, -0.1) is 0 Å². The summed E-state index contributed by atoms with van der Waals surface area (Å²) in [5, 5.41) is 16.3. The van der Waals surface area contributed by atoms with Gasteiger partial charge in [-0.3, -0.25) is 9.48 Å². The molecule has 2 aromatic heterocycles. The van der Waals surface area contributed by atoms with Gasteiger partial charge in [-0.2, -0.15) is 10.4 Å². The highest BCUT2D eigenvalue weighted by Crippen LogP contribution is 2.21. The normalized spacial score (nSPS) is 10.5. The first-order valence-corrected chi connectivity index (χ1v) is 9.90.